The van der Waals surface area contributed by atoms with Gasteiger partial charge >= 0.3 is 0 Å². The lowest BCUT2D eigenvalue weighted by molar-refractivity contribution is 0.548. The first-order valence-electron chi connectivity index (χ1n) is 6.53. The molecule has 0 saturated carbocycles. The second kappa shape index (κ2) is 7.64. The van der Waals surface area contributed by atoms with E-state index in [2.05, 4.69) is 59.1 Å². The van der Waals surface area contributed by atoms with Crippen LogP contribution in [-0.4, -0.2) is 6.54 Å². The van der Waals surface area contributed by atoms with Gasteiger partial charge in [0.1, 0.15) is 0 Å². The lowest BCUT2D eigenvalue weighted by Crippen LogP contribution is -2.23. The summed E-state index contributed by atoms with van der Waals surface area (Å²) in [5.74, 6) is 0. The average molecular weight is 420 g/mol. The van der Waals surface area contributed by atoms with Crippen molar-refractivity contribution in [3.63, 3.8) is 0 Å². The van der Waals surface area contributed by atoms with Gasteiger partial charge in [-0.05, 0) is 70.9 Å². The van der Waals surface area contributed by atoms with Crippen molar-refractivity contribution in [2.45, 2.75) is 19.4 Å². The third kappa shape index (κ3) is 4.10. The molecule has 0 fully saturated rings. The number of hydrogen-bond donors (Lipinski definition) is 1. The zero-order chi connectivity index (χ0) is 14.5. The van der Waals surface area contributed by atoms with E-state index in [0.29, 0.717) is 0 Å². The van der Waals surface area contributed by atoms with E-state index >= 15 is 0 Å². The summed E-state index contributed by atoms with van der Waals surface area (Å²) in [6, 6.07) is 14.3. The summed E-state index contributed by atoms with van der Waals surface area (Å²) >= 11 is 14.7. The molecule has 0 amide bonds. The topological polar surface area (TPSA) is 12.0 Å². The molecular weight excluding hydrogens is 404 g/mol. The average Bonchev–Trinajstić information content (AvgIpc) is 2.43. The van der Waals surface area contributed by atoms with Crippen molar-refractivity contribution in [2.75, 3.05) is 6.54 Å². The highest BCUT2D eigenvalue weighted by Crippen LogP contribution is 2.28. The van der Waals surface area contributed by atoms with Crippen LogP contribution in [0.4, 0.5) is 0 Å². The van der Waals surface area contributed by atoms with Gasteiger partial charge in [0.25, 0.3) is 0 Å². The van der Waals surface area contributed by atoms with Crippen molar-refractivity contribution in [3.05, 3.63) is 67.2 Å². The summed E-state index contributed by atoms with van der Waals surface area (Å²) in [6.45, 7) is 3.02. The van der Waals surface area contributed by atoms with Crippen molar-refractivity contribution in [3.8, 4) is 0 Å². The zero-order valence-corrected chi connectivity index (χ0v) is 14.8. The number of likely N-dealkylation sites (N-methyl/N-ethyl adjacent to an activating group) is 1. The third-order valence-electron chi connectivity index (χ3n) is 3.16. The summed E-state index contributed by atoms with van der Waals surface area (Å²) < 4.78 is 1.26. The van der Waals surface area contributed by atoms with Crippen LogP contribution in [0.1, 0.15) is 24.1 Å². The maximum Gasteiger partial charge on any atom is 0.0439 e. The molecule has 0 spiro atoms. The van der Waals surface area contributed by atoms with Gasteiger partial charge in [0.2, 0.25) is 0 Å². The minimum Gasteiger partial charge on any atom is -0.310 e. The smallest absolute Gasteiger partial charge is 0.0439 e. The minimum atomic E-state index is 0.240. The van der Waals surface area contributed by atoms with Crippen molar-refractivity contribution in [2.24, 2.45) is 0 Å². The van der Waals surface area contributed by atoms with Crippen LogP contribution in [0.15, 0.2) is 42.5 Å². The normalized spacial score (nSPS) is 12.4. The first-order chi connectivity index (χ1) is 9.61. The van der Waals surface area contributed by atoms with E-state index in [0.717, 1.165) is 28.6 Å². The second-order valence-corrected chi connectivity index (χ2v) is 6.58. The van der Waals surface area contributed by atoms with Crippen molar-refractivity contribution >= 4 is 45.8 Å². The highest BCUT2D eigenvalue weighted by molar-refractivity contribution is 14.1. The highest BCUT2D eigenvalue weighted by Gasteiger charge is 2.15. The number of rotatable bonds is 5. The molecule has 0 aliphatic carbocycles. The predicted octanol–water partition coefficient (Wildman–Crippen LogP) is 5.49. The highest BCUT2D eigenvalue weighted by atomic mass is 127. The van der Waals surface area contributed by atoms with E-state index in [4.69, 9.17) is 23.2 Å². The molecule has 2 aromatic rings. The lowest BCUT2D eigenvalue weighted by Gasteiger charge is -2.20. The summed E-state index contributed by atoms with van der Waals surface area (Å²) in [5, 5.41) is 5.02. The fraction of sp³-hybridized carbons (Fsp3) is 0.250. The second-order valence-electron chi connectivity index (χ2n) is 4.57. The van der Waals surface area contributed by atoms with Crippen LogP contribution in [0, 0.1) is 3.57 Å². The molecule has 0 aliphatic rings. The van der Waals surface area contributed by atoms with Gasteiger partial charge < -0.3 is 5.32 Å². The Bertz CT molecular complexity index is 586. The standard InChI is InChI=1S/C16H16Cl2IN/c1-2-20-16(13-5-3-4-6-15(13)19)10-11-9-12(17)7-8-14(11)18/h3-9,16,20H,2,10H2,1H3. The summed E-state index contributed by atoms with van der Waals surface area (Å²) in [7, 11) is 0. The molecule has 0 radical (unpaired) electrons. The van der Waals surface area contributed by atoms with Gasteiger partial charge in [0, 0.05) is 19.7 Å². The number of nitrogens with one attached hydrogen (secondary N) is 1. The van der Waals surface area contributed by atoms with E-state index in [1.54, 1.807) is 0 Å². The number of hydrogen-bond acceptors (Lipinski definition) is 1. The summed E-state index contributed by atoms with van der Waals surface area (Å²) in [4.78, 5) is 0. The van der Waals surface area contributed by atoms with E-state index in [1.807, 2.05) is 18.2 Å². The van der Waals surface area contributed by atoms with Crippen LogP contribution in [-0.2, 0) is 6.42 Å². The fourth-order valence-electron chi connectivity index (χ4n) is 2.22. The predicted molar refractivity (Wildman–Crippen MR) is 95.7 cm³/mol. The van der Waals surface area contributed by atoms with E-state index in [-0.39, 0.29) is 6.04 Å². The Morgan fingerprint density at radius 1 is 1.15 bits per heavy atom. The molecular formula is C16H16Cl2IN. The van der Waals surface area contributed by atoms with E-state index < -0.39 is 0 Å². The molecule has 0 aromatic heterocycles. The molecule has 2 rings (SSSR count). The quantitative estimate of drug-likeness (QED) is 0.631. The van der Waals surface area contributed by atoms with Crippen molar-refractivity contribution in [1.82, 2.24) is 5.32 Å². The van der Waals surface area contributed by atoms with Gasteiger partial charge in [-0.2, -0.15) is 0 Å². The van der Waals surface area contributed by atoms with Gasteiger partial charge in [-0.3, -0.25) is 0 Å². The van der Waals surface area contributed by atoms with Gasteiger partial charge in [-0.25, -0.2) is 0 Å². The Morgan fingerprint density at radius 3 is 2.60 bits per heavy atom. The van der Waals surface area contributed by atoms with Crippen LogP contribution in [0.25, 0.3) is 0 Å². The van der Waals surface area contributed by atoms with E-state index in [9.17, 15) is 0 Å². The molecule has 1 atom stereocenters. The van der Waals surface area contributed by atoms with Crippen LogP contribution in [0.2, 0.25) is 10.0 Å². The molecule has 1 unspecified atom stereocenters. The van der Waals surface area contributed by atoms with Crippen LogP contribution < -0.4 is 5.32 Å². The van der Waals surface area contributed by atoms with Crippen LogP contribution in [0.5, 0.6) is 0 Å². The monoisotopic (exact) mass is 419 g/mol. The largest absolute Gasteiger partial charge is 0.310 e. The van der Waals surface area contributed by atoms with Crippen molar-refractivity contribution < 1.29 is 0 Å². The molecule has 0 heterocycles. The SMILES string of the molecule is CCNC(Cc1cc(Cl)ccc1Cl)c1ccccc1I. The molecule has 20 heavy (non-hydrogen) atoms. The van der Waals surface area contributed by atoms with Crippen molar-refractivity contribution in [1.29, 1.82) is 0 Å². The third-order valence-corrected chi connectivity index (χ3v) is 4.75. The van der Waals surface area contributed by atoms with Gasteiger partial charge in [-0.1, -0.05) is 48.3 Å². The maximum atomic E-state index is 6.28. The molecule has 1 N–H and O–H groups in total. The van der Waals surface area contributed by atoms with E-state index in [1.165, 1.54) is 9.13 Å². The molecule has 0 bridgehead atoms. The number of benzene rings is 2. The molecule has 1 nitrogen and oxygen atoms in total. The molecule has 0 aliphatic heterocycles. The molecule has 106 valence electrons. The number of halogens is 3. The Balaban J connectivity index is 2.30. The first kappa shape index (κ1) is 16.1. The Kier molecular flexibility index (Phi) is 6.15. The van der Waals surface area contributed by atoms with Crippen LogP contribution >= 0.6 is 45.8 Å². The Hall–Kier alpha value is -0.290. The molecule has 4 heteroatoms. The summed E-state index contributed by atoms with van der Waals surface area (Å²) in [6.07, 6.45) is 0.827. The Labute approximate surface area is 143 Å². The zero-order valence-electron chi connectivity index (χ0n) is 11.2. The Morgan fingerprint density at radius 2 is 1.90 bits per heavy atom. The molecule has 2 aromatic carbocycles. The van der Waals surface area contributed by atoms with Gasteiger partial charge in [0.15, 0.2) is 0 Å². The summed E-state index contributed by atoms with van der Waals surface area (Å²) in [5.41, 5.74) is 2.37. The van der Waals surface area contributed by atoms with Crippen LogP contribution in [0.3, 0.4) is 0 Å². The molecule has 0 saturated heterocycles. The first-order valence-corrected chi connectivity index (χ1v) is 8.37. The van der Waals surface area contributed by atoms with Gasteiger partial charge in [-0.15, -0.1) is 0 Å². The van der Waals surface area contributed by atoms with Gasteiger partial charge in [0.05, 0.1) is 0 Å². The lowest BCUT2D eigenvalue weighted by atomic mass is 9.99. The maximum absolute atomic E-state index is 6.28. The minimum absolute atomic E-state index is 0.240. The fourth-order valence-corrected chi connectivity index (χ4v) is 3.37.